The van der Waals surface area contributed by atoms with E-state index in [-0.39, 0.29) is 30.0 Å². The van der Waals surface area contributed by atoms with Crippen LogP contribution in [0.3, 0.4) is 0 Å². The SMILES string of the molecule is CN1C(=O)[C@@H](Cc2ccccc2)NC1(C)C.Cl. The number of nitrogens with one attached hydrogen (secondary N) is 1. The molecule has 1 atom stereocenters. The lowest BCUT2D eigenvalue weighted by molar-refractivity contribution is -0.129. The van der Waals surface area contributed by atoms with E-state index in [0.29, 0.717) is 0 Å². The van der Waals surface area contributed by atoms with Crippen LogP contribution in [0.2, 0.25) is 0 Å². The lowest BCUT2D eigenvalue weighted by Gasteiger charge is -2.27. The fraction of sp³-hybridized carbons (Fsp3) is 0.462. The zero-order valence-electron chi connectivity index (χ0n) is 10.4. The van der Waals surface area contributed by atoms with E-state index in [1.165, 1.54) is 5.56 Å². The van der Waals surface area contributed by atoms with E-state index >= 15 is 0 Å². The van der Waals surface area contributed by atoms with Crippen molar-refractivity contribution in [2.45, 2.75) is 32.0 Å². The maximum atomic E-state index is 12.0. The molecule has 17 heavy (non-hydrogen) atoms. The van der Waals surface area contributed by atoms with Crippen molar-refractivity contribution < 1.29 is 4.79 Å². The second kappa shape index (κ2) is 5.07. The highest BCUT2D eigenvalue weighted by molar-refractivity contribution is 5.85. The number of rotatable bonds is 2. The fourth-order valence-corrected chi connectivity index (χ4v) is 2.08. The lowest BCUT2D eigenvalue weighted by atomic mass is 10.1. The monoisotopic (exact) mass is 254 g/mol. The highest BCUT2D eigenvalue weighted by Gasteiger charge is 2.41. The van der Waals surface area contributed by atoms with Crippen LogP contribution in [-0.2, 0) is 11.2 Å². The number of amides is 1. The number of halogens is 1. The summed E-state index contributed by atoms with van der Waals surface area (Å²) >= 11 is 0. The normalized spacial score (nSPS) is 22.4. The molecule has 4 heteroatoms. The van der Waals surface area contributed by atoms with Crippen molar-refractivity contribution >= 4 is 18.3 Å². The maximum absolute atomic E-state index is 12.0. The molecule has 1 amide bonds. The molecular formula is C13H19ClN2O. The smallest absolute Gasteiger partial charge is 0.241 e. The van der Waals surface area contributed by atoms with Gasteiger partial charge in [0.25, 0.3) is 0 Å². The van der Waals surface area contributed by atoms with Gasteiger partial charge in [-0.15, -0.1) is 12.4 Å². The molecule has 0 aliphatic carbocycles. The zero-order chi connectivity index (χ0) is 11.8. The Morgan fingerprint density at radius 2 is 1.88 bits per heavy atom. The average molecular weight is 255 g/mol. The third-order valence-electron chi connectivity index (χ3n) is 3.28. The Bertz CT molecular complexity index is 392. The molecule has 0 bridgehead atoms. The number of benzene rings is 1. The predicted molar refractivity (Wildman–Crippen MR) is 71.2 cm³/mol. The molecule has 0 unspecified atom stereocenters. The molecule has 2 rings (SSSR count). The Morgan fingerprint density at radius 3 is 2.35 bits per heavy atom. The van der Waals surface area contributed by atoms with Crippen molar-refractivity contribution in [2.75, 3.05) is 7.05 Å². The van der Waals surface area contributed by atoms with Gasteiger partial charge >= 0.3 is 0 Å². The van der Waals surface area contributed by atoms with Gasteiger partial charge in [-0.25, -0.2) is 0 Å². The Hall–Kier alpha value is -1.06. The first-order chi connectivity index (χ1) is 7.50. The first kappa shape index (κ1) is 14.0. The topological polar surface area (TPSA) is 32.3 Å². The summed E-state index contributed by atoms with van der Waals surface area (Å²) in [6.07, 6.45) is 0.757. The van der Waals surface area contributed by atoms with E-state index in [1.54, 1.807) is 4.90 Å². The van der Waals surface area contributed by atoms with Gasteiger partial charge in [-0.1, -0.05) is 30.3 Å². The summed E-state index contributed by atoms with van der Waals surface area (Å²) in [6.45, 7) is 4.05. The summed E-state index contributed by atoms with van der Waals surface area (Å²) in [7, 11) is 1.85. The van der Waals surface area contributed by atoms with Crippen LogP contribution >= 0.6 is 12.4 Å². The zero-order valence-corrected chi connectivity index (χ0v) is 11.3. The number of likely N-dealkylation sites (N-methyl/N-ethyl adjacent to an activating group) is 1. The van der Waals surface area contributed by atoms with Gasteiger partial charge in [0.15, 0.2) is 0 Å². The van der Waals surface area contributed by atoms with Crippen LogP contribution in [0.4, 0.5) is 0 Å². The molecule has 1 aromatic rings. The van der Waals surface area contributed by atoms with Gasteiger partial charge in [0.2, 0.25) is 5.91 Å². The van der Waals surface area contributed by atoms with Crippen LogP contribution in [0.5, 0.6) is 0 Å². The van der Waals surface area contributed by atoms with Gasteiger partial charge in [-0.3, -0.25) is 10.1 Å². The van der Waals surface area contributed by atoms with Crippen molar-refractivity contribution in [2.24, 2.45) is 0 Å². The molecule has 1 fully saturated rings. The number of nitrogens with zero attached hydrogens (tertiary/aromatic N) is 1. The van der Waals surface area contributed by atoms with E-state index in [2.05, 4.69) is 17.4 Å². The molecule has 0 aromatic heterocycles. The highest BCUT2D eigenvalue weighted by atomic mass is 35.5. The summed E-state index contributed by atoms with van der Waals surface area (Å²) in [5.74, 6) is 0.175. The first-order valence-electron chi connectivity index (χ1n) is 5.60. The van der Waals surface area contributed by atoms with Gasteiger partial charge in [0, 0.05) is 7.05 Å². The summed E-state index contributed by atoms with van der Waals surface area (Å²) in [6, 6.07) is 10.0. The van der Waals surface area contributed by atoms with Gasteiger partial charge in [0.05, 0.1) is 11.7 Å². The van der Waals surface area contributed by atoms with Gasteiger partial charge in [-0.2, -0.15) is 0 Å². The van der Waals surface area contributed by atoms with Crippen LogP contribution in [0.1, 0.15) is 19.4 Å². The van der Waals surface area contributed by atoms with E-state index in [1.807, 2.05) is 39.1 Å². The molecule has 1 saturated heterocycles. The van der Waals surface area contributed by atoms with Crippen molar-refractivity contribution in [1.82, 2.24) is 10.2 Å². The highest BCUT2D eigenvalue weighted by Crippen LogP contribution is 2.20. The van der Waals surface area contributed by atoms with Gasteiger partial charge in [-0.05, 0) is 25.8 Å². The first-order valence-corrected chi connectivity index (χ1v) is 5.60. The van der Waals surface area contributed by atoms with E-state index in [4.69, 9.17) is 0 Å². The molecule has 94 valence electrons. The number of hydrogen-bond donors (Lipinski definition) is 1. The number of carbonyl (C=O) groups is 1. The minimum Gasteiger partial charge on any atom is -0.327 e. The van der Waals surface area contributed by atoms with Crippen LogP contribution in [-0.4, -0.2) is 29.6 Å². The standard InChI is InChI=1S/C13H18N2O.ClH/c1-13(2)14-11(12(16)15(13)3)9-10-7-5-4-6-8-10;/h4-8,11,14H,9H2,1-3H3;1H/t11-;/m1./s1. The summed E-state index contributed by atoms with van der Waals surface area (Å²) in [5.41, 5.74) is 0.954. The van der Waals surface area contributed by atoms with Gasteiger partial charge < -0.3 is 4.90 Å². The van der Waals surface area contributed by atoms with Crippen molar-refractivity contribution in [3.8, 4) is 0 Å². The average Bonchev–Trinajstić information content (AvgIpc) is 2.44. The summed E-state index contributed by atoms with van der Waals surface area (Å²) < 4.78 is 0. The molecule has 0 radical (unpaired) electrons. The van der Waals surface area contributed by atoms with Crippen LogP contribution in [0, 0.1) is 0 Å². The molecule has 3 nitrogen and oxygen atoms in total. The van der Waals surface area contributed by atoms with E-state index in [9.17, 15) is 4.79 Å². The Morgan fingerprint density at radius 1 is 1.29 bits per heavy atom. The minimum atomic E-state index is -0.240. The second-order valence-electron chi connectivity index (χ2n) is 4.84. The molecular weight excluding hydrogens is 236 g/mol. The summed E-state index contributed by atoms with van der Waals surface area (Å²) in [4.78, 5) is 13.8. The fourth-order valence-electron chi connectivity index (χ4n) is 2.08. The molecule has 1 heterocycles. The van der Waals surface area contributed by atoms with Crippen molar-refractivity contribution in [3.63, 3.8) is 0 Å². The lowest BCUT2D eigenvalue weighted by Crippen LogP contribution is -2.45. The Kier molecular flexibility index (Phi) is 4.17. The largest absolute Gasteiger partial charge is 0.327 e. The van der Waals surface area contributed by atoms with Gasteiger partial charge in [0.1, 0.15) is 0 Å². The number of hydrogen-bond acceptors (Lipinski definition) is 2. The predicted octanol–water partition coefficient (Wildman–Crippen LogP) is 1.82. The van der Waals surface area contributed by atoms with Crippen LogP contribution < -0.4 is 5.32 Å². The van der Waals surface area contributed by atoms with Crippen molar-refractivity contribution in [3.05, 3.63) is 35.9 Å². The Labute approximate surface area is 109 Å². The minimum absolute atomic E-state index is 0. The Balaban J connectivity index is 0.00000144. The molecule has 0 spiro atoms. The molecule has 1 aliphatic rings. The number of carbonyl (C=O) groups excluding carboxylic acids is 1. The third-order valence-corrected chi connectivity index (χ3v) is 3.28. The van der Waals surface area contributed by atoms with Crippen LogP contribution in [0.15, 0.2) is 30.3 Å². The van der Waals surface area contributed by atoms with E-state index in [0.717, 1.165) is 6.42 Å². The summed E-state index contributed by atoms with van der Waals surface area (Å²) in [5, 5.41) is 3.35. The van der Waals surface area contributed by atoms with Crippen molar-refractivity contribution in [1.29, 1.82) is 0 Å². The molecule has 1 aliphatic heterocycles. The third kappa shape index (κ3) is 2.79. The maximum Gasteiger partial charge on any atom is 0.241 e. The molecule has 0 saturated carbocycles. The second-order valence-corrected chi connectivity index (χ2v) is 4.84. The molecule has 1 aromatic carbocycles. The van der Waals surface area contributed by atoms with E-state index < -0.39 is 0 Å². The quantitative estimate of drug-likeness (QED) is 0.873. The van der Waals surface area contributed by atoms with Crippen LogP contribution in [0.25, 0.3) is 0 Å². The molecule has 1 N–H and O–H groups in total.